The molecule has 1 aromatic carbocycles. The van der Waals surface area contributed by atoms with Gasteiger partial charge < -0.3 is 5.73 Å². The van der Waals surface area contributed by atoms with Gasteiger partial charge in [-0.05, 0) is 37.1 Å². The predicted molar refractivity (Wildman–Crippen MR) is 88.2 cm³/mol. The molecule has 2 rings (SSSR count). The molecule has 1 unspecified atom stereocenters. The highest BCUT2D eigenvalue weighted by atomic mass is 14.8. The van der Waals surface area contributed by atoms with Crippen molar-refractivity contribution in [2.45, 2.75) is 26.3 Å². The van der Waals surface area contributed by atoms with E-state index in [9.17, 15) is 0 Å². The summed E-state index contributed by atoms with van der Waals surface area (Å²) in [6, 6.07) is 16.0. The minimum Gasteiger partial charge on any atom is -0.402 e. The lowest BCUT2D eigenvalue weighted by molar-refractivity contribution is 0.784. The van der Waals surface area contributed by atoms with Crippen molar-refractivity contribution in [1.29, 1.82) is 0 Å². The fraction of sp³-hybridized carbons (Fsp3) is 0.222. The van der Waals surface area contributed by atoms with Gasteiger partial charge in [-0.3, -0.25) is 9.98 Å². The van der Waals surface area contributed by atoms with E-state index in [-0.39, 0.29) is 6.04 Å². The molecule has 0 aliphatic rings. The van der Waals surface area contributed by atoms with Gasteiger partial charge in [0.15, 0.2) is 0 Å². The van der Waals surface area contributed by atoms with Crippen LogP contribution in [0.1, 0.15) is 37.6 Å². The van der Waals surface area contributed by atoms with Crippen LogP contribution in [0.3, 0.4) is 0 Å². The molecule has 3 heteroatoms. The fourth-order valence-electron chi connectivity index (χ4n) is 1.98. The SMILES string of the molecule is CC/C(N)=C\C(=NC(C)c1ccccn1)c1ccccc1. The summed E-state index contributed by atoms with van der Waals surface area (Å²) in [7, 11) is 0. The van der Waals surface area contributed by atoms with Gasteiger partial charge in [-0.1, -0.05) is 43.3 Å². The number of benzene rings is 1. The van der Waals surface area contributed by atoms with Crippen LogP contribution in [0.2, 0.25) is 0 Å². The smallest absolute Gasteiger partial charge is 0.0898 e. The minimum atomic E-state index is -0.0117. The zero-order chi connectivity index (χ0) is 15.1. The van der Waals surface area contributed by atoms with E-state index < -0.39 is 0 Å². The molecular formula is C18H21N3. The second-order valence-corrected chi connectivity index (χ2v) is 4.88. The summed E-state index contributed by atoms with van der Waals surface area (Å²) in [6.45, 7) is 4.08. The molecule has 0 radical (unpaired) electrons. The Hall–Kier alpha value is -2.42. The summed E-state index contributed by atoms with van der Waals surface area (Å²) >= 11 is 0. The van der Waals surface area contributed by atoms with Gasteiger partial charge in [0.25, 0.3) is 0 Å². The number of aromatic nitrogens is 1. The van der Waals surface area contributed by atoms with E-state index in [0.717, 1.165) is 29.1 Å². The van der Waals surface area contributed by atoms with Gasteiger partial charge in [0.05, 0.1) is 17.4 Å². The Kier molecular flexibility index (Phi) is 5.27. The molecule has 0 saturated heterocycles. The Morgan fingerprint density at radius 2 is 1.90 bits per heavy atom. The molecule has 0 aliphatic carbocycles. The number of aliphatic imine (C=N–C) groups is 1. The maximum atomic E-state index is 5.99. The van der Waals surface area contributed by atoms with Gasteiger partial charge >= 0.3 is 0 Å². The molecule has 0 aliphatic heterocycles. The molecule has 0 saturated carbocycles. The average Bonchev–Trinajstić information content (AvgIpc) is 2.55. The number of hydrogen-bond acceptors (Lipinski definition) is 3. The zero-order valence-electron chi connectivity index (χ0n) is 12.5. The van der Waals surface area contributed by atoms with Gasteiger partial charge in [-0.2, -0.15) is 0 Å². The van der Waals surface area contributed by atoms with E-state index >= 15 is 0 Å². The van der Waals surface area contributed by atoms with E-state index in [0.29, 0.717) is 0 Å². The molecule has 108 valence electrons. The van der Waals surface area contributed by atoms with Crippen molar-refractivity contribution in [1.82, 2.24) is 4.98 Å². The maximum Gasteiger partial charge on any atom is 0.0898 e. The lowest BCUT2D eigenvalue weighted by Gasteiger charge is -2.10. The summed E-state index contributed by atoms with van der Waals surface area (Å²) in [5.41, 5.74) is 9.73. The van der Waals surface area contributed by atoms with E-state index in [1.165, 1.54) is 0 Å². The summed E-state index contributed by atoms with van der Waals surface area (Å²) in [5, 5.41) is 0. The van der Waals surface area contributed by atoms with E-state index in [2.05, 4.69) is 4.98 Å². The van der Waals surface area contributed by atoms with E-state index in [4.69, 9.17) is 10.7 Å². The van der Waals surface area contributed by atoms with Crippen LogP contribution >= 0.6 is 0 Å². The first-order chi connectivity index (χ1) is 10.2. The second-order valence-electron chi connectivity index (χ2n) is 4.88. The van der Waals surface area contributed by atoms with Crippen LogP contribution in [0.15, 0.2) is 71.5 Å². The third-order valence-corrected chi connectivity index (χ3v) is 3.25. The third-order valence-electron chi connectivity index (χ3n) is 3.25. The first-order valence-electron chi connectivity index (χ1n) is 7.21. The number of allylic oxidation sites excluding steroid dienone is 2. The summed E-state index contributed by atoms with van der Waals surface area (Å²) in [6.07, 6.45) is 4.55. The molecule has 0 amide bonds. The molecule has 0 spiro atoms. The van der Waals surface area contributed by atoms with Crippen molar-refractivity contribution < 1.29 is 0 Å². The first kappa shape index (κ1) is 15.0. The van der Waals surface area contributed by atoms with Crippen LogP contribution in [0.4, 0.5) is 0 Å². The number of hydrogen-bond donors (Lipinski definition) is 1. The highest BCUT2D eigenvalue weighted by Crippen LogP contribution is 2.16. The molecule has 1 aromatic heterocycles. The van der Waals surface area contributed by atoms with Gasteiger partial charge in [-0.25, -0.2) is 0 Å². The molecule has 3 nitrogen and oxygen atoms in total. The predicted octanol–water partition coefficient (Wildman–Crippen LogP) is 3.88. The Morgan fingerprint density at radius 3 is 2.52 bits per heavy atom. The zero-order valence-corrected chi connectivity index (χ0v) is 12.5. The molecule has 1 atom stereocenters. The van der Waals surface area contributed by atoms with Gasteiger partial charge in [0.1, 0.15) is 0 Å². The van der Waals surface area contributed by atoms with E-state index in [1.807, 2.05) is 68.5 Å². The van der Waals surface area contributed by atoms with Crippen molar-refractivity contribution in [2.24, 2.45) is 10.7 Å². The van der Waals surface area contributed by atoms with Gasteiger partial charge in [0, 0.05) is 11.9 Å². The lowest BCUT2D eigenvalue weighted by Crippen LogP contribution is -2.06. The fourth-order valence-corrected chi connectivity index (χ4v) is 1.98. The number of nitrogens with two attached hydrogens (primary N) is 1. The Morgan fingerprint density at radius 1 is 1.19 bits per heavy atom. The van der Waals surface area contributed by atoms with Crippen LogP contribution < -0.4 is 5.73 Å². The minimum absolute atomic E-state index is 0.0117. The highest BCUT2D eigenvalue weighted by molar-refractivity contribution is 6.09. The van der Waals surface area contributed by atoms with Crippen molar-refractivity contribution in [2.75, 3.05) is 0 Å². The van der Waals surface area contributed by atoms with E-state index in [1.54, 1.807) is 6.20 Å². The van der Waals surface area contributed by atoms with Crippen molar-refractivity contribution in [3.05, 3.63) is 77.8 Å². The molecule has 0 bridgehead atoms. The van der Waals surface area contributed by atoms with Gasteiger partial charge in [-0.15, -0.1) is 0 Å². The van der Waals surface area contributed by atoms with Gasteiger partial charge in [0.2, 0.25) is 0 Å². The van der Waals surface area contributed by atoms with Crippen LogP contribution in [0, 0.1) is 0 Å². The average molecular weight is 279 g/mol. The van der Waals surface area contributed by atoms with Crippen LogP contribution in [-0.2, 0) is 0 Å². The Bertz CT molecular complexity index is 615. The van der Waals surface area contributed by atoms with Crippen LogP contribution in [0.5, 0.6) is 0 Å². The quantitative estimate of drug-likeness (QED) is 0.844. The Labute approximate surface area is 126 Å². The largest absolute Gasteiger partial charge is 0.402 e. The Balaban J connectivity index is 2.38. The summed E-state index contributed by atoms with van der Waals surface area (Å²) in [4.78, 5) is 9.17. The molecule has 0 fully saturated rings. The standard InChI is InChI=1S/C18H21N3/c1-3-16(19)13-18(15-9-5-4-6-10-15)21-14(2)17-11-7-8-12-20-17/h4-14H,3,19H2,1-2H3/b16-13+,21-18?. The van der Waals surface area contributed by atoms with Crippen LogP contribution in [-0.4, -0.2) is 10.7 Å². The van der Waals surface area contributed by atoms with Crippen LogP contribution in [0.25, 0.3) is 0 Å². The monoisotopic (exact) mass is 279 g/mol. The second kappa shape index (κ2) is 7.39. The summed E-state index contributed by atoms with van der Waals surface area (Å²) < 4.78 is 0. The highest BCUT2D eigenvalue weighted by Gasteiger charge is 2.07. The topological polar surface area (TPSA) is 51.3 Å². The lowest BCUT2D eigenvalue weighted by atomic mass is 10.1. The third kappa shape index (κ3) is 4.28. The number of nitrogens with zero attached hydrogens (tertiary/aromatic N) is 2. The van der Waals surface area contributed by atoms with Crippen molar-refractivity contribution in [3.63, 3.8) is 0 Å². The van der Waals surface area contributed by atoms with Crippen molar-refractivity contribution >= 4 is 5.71 Å². The maximum absolute atomic E-state index is 5.99. The number of pyridine rings is 1. The molecule has 1 heterocycles. The molecule has 21 heavy (non-hydrogen) atoms. The first-order valence-corrected chi connectivity index (χ1v) is 7.21. The van der Waals surface area contributed by atoms with Crippen molar-refractivity contribution in [3.8, 4) is 0 Å². The molecule has 2 N–H and O–H groups in total. The summed E-state index contributed by atoms with van der Waals surface area (Å²) in [5.74, 6) is 0. The normalized spacial score (nSPS) is 14.0. The number of rotatable bonds is 5. The molecule has 2 aromatic rings. The molecular weight excluding hydrogens is 258 g/mol.